The van der Waals surface area contributed by atoms with Crippen LogP contribution in [0.3, 0.4) is 0 Å². The number of nitrogens with zero attached hydrogens (tertiary/aromatic N) is 5. The molecule has 0 saturated heterocycles. The molecule has 1 N–H and O–H groups in total. The van der Waals surface area contributed by atoms with Crippen LogP contribution in [0.4, 0.5) is 0 Å². The van der Waals surface area contributed by atoms with E-state index >= 15 is 0 Å². The minimum Gasteiger partial charge on any atom is -0.470 e. The first-order valence-corrected chi connectivity index (χ1v) is 11.6. The quantitative estimate of drug-likeness (QED) is 0.419. The molecule has 0 radical (unpaired) electrons. The monoisotopic (exact) mass is 476 g/mol. The number of amides is 1. The Kier molecular flexibility index (Phi) is 5.69. The molecule has 0 aliphatic heterocycles. The van der Waals surface area contributed by atoms with Crippen LogP contribution in [0.5, 0.6) is 5.88 Å². The third-order valence-corrected chi connectivity index (χ3v) is 6.21. The van der Waals surface area contributed by atoms with E-state index in [1.165, 1.54) is 6.33 Å². The summed E-state index contributed by atoms with van der Waals surface area (Å²) in [7, 11) is 0. The number of nitrogens with one attached hydrogen (secondary N) is 1. The van der Waals surface area contributed by atoms with Crippen molar-refractivity contribution in [2.45, 2.75) is 45.8 Å². The van der Waals surface area contributed by atoms with Crippen molar-refractivity contribution in [2.75, 3.05) is 6.54 Å². The lowest BCUT2D eigenvalue weighted by atomic mass is 10.1. The van der Waals surface area contributed by atoms with Gasteiger partial charge in [0.2, 0.25) is 5.88 Å². The van der Waals surface area contributed by atoms with Crippen molar-refractivity contribution >= 4 is 28.7 Å². The molecule has 0 bridgehead atoms. The fourth-order valence-electron chi connectivity index (χ4n) is 3.80. The Morgan fingerprint density at radius 2 is 2.03 bits per heavy atom. The van der Waals surface area contributed by atoms with Crippen LogP contribution in [-0.4, -0.2) is 42.6 Å². The molecule has 1 fully saturated rings. The van der Waals surface area contributed by atoms with Gasteiger partial charge in [0.05, 0.1) is 17.3 Å². The van der Waals surface area contributed by atoms with Crippen molar-refractivity contribution in [1.82, 2.24) is 29.8 Å². The van der Waals surface area contributed by atoms with Gasteiger partial charge in [-0.1, -0.05) is 11.6 Å². The molecule has 174 valence electrons. The molecule has 1 aliphatic rings. The molecular weight excluding hydrogens is 452 g/mol. The van der Waals surface area contributed by atoms with Gasteiger partial charge in [-0.3, -0.25) is 9.78 Å². The lowest BCUT2D eigenvalue weighted by Gasteiger charge is -2.12. The van der Waals surface area contributed by atoms with E-state index in [0.717, 1.165) is 24.1 Å². The smallest absolute Gasteiger partial charge is 0.251 e. The van der Waals surface area contributed by atoms with E-state index in [1.807, 2.05) is 36.6 Å². The minimum atomic E-state index is -0.213. The maximum Gasteiger partial charge on any atom is 0.251 e. The molecule has 9 heteroatoms. The number of rotatable bonds is 7. The normalized spacial score (nSPS) is 14.2. The Balaban J connectivity index is 1.65. The number of ether oxygens (including phenoxy) is 1. The predicted octanol–water partition coefficient (Wildman–Crippen LogP) is 4.58. The molecule has 0 unspecified atom stereocenters. The lowest BCUT2D eigenvalue weighted by molar-refractivity contribution is 0.0956. The Morgan fingerprint density at radius 1 is 1.21 bits per heavy atom. The van der Waals surface area contributed by atoms with E-state index in [-0.39, 0.29) is 11.5 Å². The first-order chi connectivity index (χ1) is 16.4. The van der Waals surface area contributed by atoms with E-state index < -0.39 is 0 Å². The van der Waals surface area contributed by atoms with Crippen molar-refractivity contribution in [2.24, 2.45) is 0 Å². The molecule has 5 rings (SSSR count). The maximum atomic E-state index is 12.3. The van der Waals surface area contributed by atoms with Crippen molar-refractivity contribution in [3.05, 3.63) is 64.7 Å². The molecule has 3 heterocycles. The van der Waals surface area contributed by atoms with Gasteiger partial charge in [0.15, 0.2) is 11.2 Å². The zero-order valence-electron chi connectivity index (χ0n) is 19.3. The molecule has 3 aromatic heterocycles. The Bertz CT molecular complexity index is 1400. The zero-order chi connectivity index (χ0) is 23.9. The van der Waals surface area contributed by atoms with Crippen LogP contribution in [-0.2, 0) is 6.54 Å². The topological polar surface area (TPSA) is 94.8 Å². The molecule has 1 aromatic carbocycles. The fraction of sp³-hybridized carbons (Fsp3) is 0.320. The second-order valence-electron chi connectivity index (χ2n) is 8.80. The van der Waals surface area contributed by atoms with Gasteiger partial charge in [-0.05, 0) is 69.5 Å². The van der Waals surface area contributed by atoms with E-state index in [9.17, 15) is 4.79 Å². The Labute approximate surface area is 202 Å². The Morgan fingerprint density at radius 3 is 2.74 bits per heavy atom. The number of aryl methyl sites for hydroxylation is 1. The van der Waals surface area contributed by atoms with E-state index in [1.54, 1.807) is 18.3 Å². The highest BCUT2D eigenvalue weighted by Gasteiger charge is 2.41. The third-order valence-electron chi connectivity index (χ3n) is 5.90. The molecule has 1 saturated carbocycles. The van der Waals surface area contributed by atoms with Crippen molar-refractivity contribution in [3.8, 4) is 17.3 Å². The van der Waals surface area contributed by atoms with Gasteiger partial charge < -0.3 is 14.6 Å². The lowest BCUT2D eigenvalue weighted by Crippen LogP contribution is -2.22. The summed E-state index contributed by atoms with van der Waals surface area (Å²) in [6.45, 7) is 6.94. The number of benzene rings is 1. The molecule has 1 aliphatic carbocycles. The number of imidazole rings is 1. The van der Waals surface area contributed by atoms with Crippen LogP contribution in [0.25, 0.3) is 22.6 Å². The fourth-order valence-corrected chi connectivity index (χ4v) is 4.07. The summed E-state index contributed by atoms with van der Waals surface area (Å²) in [6.07, 6.45) is 5.24. The minimum absolute atomic E-state index is 0.173. The first-order valence-electron chi connectivity index (χ1n) is 11.3. The molecule has 0 atom stereocenters. The SMILES string of the molecule is CCNC(=O)c1ccc(-c2nc3c(OC4(C)CC4)ncnc3n2Cc2cc(C)ccn2)c(Cl)c1. The number of pyridine rings is 1. The van der Waals surface area contributed by atoms with Gasteiger partial charge in [0.25, 0.3) is 5.91 Å². The summed E-state index contributed by atoms with van der Waals surface area (Å²) < 4.78 is 8.14. The van der Waals surface area contributed by atoms with Crippen LogP contribution in [0.1, 0.15) is 48.3 Å². The van der Waals surface area contributed by atoms with E-state index in [4.69, 9.17) is 21.3 Å². The van der Waals surface area contributed by atoms with Crippen LogP contribution in [0.2, 0.25) is 5.02 Å². The van der Waals surface area contributed by atoms with Gasteiger partial charge in [-0.25, -0.2) is 9.97 Å². The first kappa shape index (κ1) is 22.3. The number of carbonyl (C=O) groups is 1. The standard InChI is InChI=1S/C25H25ClN6O2/c1-4-27-23(33)16-5-6-18(19(26)12-16)21-31-20-22(29-14-30-24(20)34-25(3)8-9-25)32(21)13-17-11-15(2)7-10-28-17/h5-7,10-12,14H,4,8-9,13H2,1-3H3,(H,27,33). The zero-order valence-corrected chi connectivity index (χ0v) is 20.1. The molecule has 1 amide bonds. The third kappa shape index (κ3) is 4.33. The van der Waals surface area contributed by atoms with Crippen molar-refractivity contribution in [1.29, 1.82) is 0 Å². The van der Waals surface area contributed by atoms with Gasteiger partial charge >= 0.3 is 0 Å². The summed E-state index contributed by atoms with van der Waals surface area (Å²) in [5, 5.41) is 3.21. The van der Waals surface area contributed by atoms with Gasteiger partial charge in [-0.15, -0.1) is 0 Å². The van der Waals surface area contributed by atoms with Gasteiger partial charge in [0, 0.05) is 23.9 Å². The van der Waals surface area contributed by atoms with Gasteiger partial charge in [0.1, 0.15) is 17.8 Å². The Hall–Kier alpha value is -3.52. The summed E-state index contributed by atoms with van der Waals surface area (Å²) in [4.78, 5) is 30.6. The molecule has 0 spiro atoms. The molecular formula is C25H25ClN6O2. The van der Waals surface area contributed by atoms with Crippen LogP contribution in [0, 0.1) is 6.92 Å². The highest BCUT2D eigenvalue weighted by molar-refractivity contribution is 6.33. The summed E-state index contributed by atoms with van der Waals surface area (Å²) in [5.74, 6) is 0.891. The number of fused-ring (bicyclic) bond motifs is 1. The second kappa shape index (κ2) is 8.68. The van der Waals surface area contributed by atoms with E-state index in [0.29, 0.717) is 52.1 Å². The highest BCUT2D eigenvalue weighted by Crippen LogP contribution is 2.41. The predicted molar refractivity (Wildman–Crippen MR) is 130 cm³/mol. The summed E-state index contributed by atoms with van der Waals surface area (Å²) >= 11 is 6.68. The van der Waals surface area contributed by atoms with Crippen molar-refractivity contribution < 1.29 is 9.53 Å². The maximum absolute atomic E-state index is 12.3. The van der Waals surface area contributed by atoms with Crippen LogP contribution >= 0.6 is 11.6 Å². The highest BCUT2D eigenvalue weighted by atomic mass is 35.5. The average molecular weight is 477 g/mol. The van der Waals surface area contributed by atoms with Crippen LogP contribution < -0.4 is 10.1 Å². The van der Waals surface area contributed by atoms with Crippen LogP contribution in [0.15, 0.2) is 42.9 Å². The van der Waals surface area contributed by atoms with Gasteiger partial charge in [-0.2, -0.15) is 4.98 Å². The molecule has 4 aromatic rings. The average Bonchev–Trinajstić information content (AvgIpc) is 3.42. The molecule has 34 heavy (non-hydrogen) atoms. The summed E-state index contributed by atoms with van der Waals surface area (Å²) in [6, 6.07) is 9.20. The number of aromatic nitrogens is 5. The number of hydrogen-bond acceptors (Lipinski definition) is 6. The second-order valence-corrected chi connectivity index (χ2v) is 9.21. The number of hydrogen-bond donors (Lipinski definition) is 1. The summed E-state index contributed by atoms with van der Waals surface area (Å²) in [5.41, 5.74) is 4.15. The largest absolute Gasteiger partial charge is 0.470 e. The van der Waals surface area contributed by atoms with Crippen molar-refractivity contribution in [3.63, 3.8) is 0 Å². The van der Waals surface area contributed by atoms with E-state index in [2.05, 4.69) is 27.2 Å². The number of halogens is 1. The number of carbonyl (C=O) groups excluding carboxylic acids is 1. The molecule has 8 nitrogen and oxygen atoms in total.